The number of benzene rings is 2. The van der Waals surface area contributed by atoms with Crippen LogP contribution in [0.1, 0.15) is 30.5 Å². The van der Waals surface area contributed by atoms with Gasteiger partial charge in [0.25, 0.3) is 0 Å². The fraction of sp³-hybridized carbons (Fsp3) is 0.308. The van der Waals surface area contributed by atoms with Crippen molar-refractivity contribution in [2.24, 2.45) is 0 Å². The van der Waals surface area contributed by atoms with Gasteiger partial charge in [0.05, 0.1) is 18.0 Å². The number of fused-ring (bicyclic) bond motifs is 1. The van der Waals surface area contributed by atoms with E-state index in [1.807, 2.05) is 65.2 Å². The number of nitrogens with zero attached hydrogens (tertiary/aromatic N) is 5. The molecule has 5 rings (SSSR count). The number of likely N-dealkylation sites (tertiary alicyclic amines) is 1. The Hall–Kier alpha value is -3.98. The van der Waals surface area contributed by atoms with Crippen LogP contribution in [0.5, 0.6) is 0 Å². The van der Waals surface area contributed by atoms with Crippen LogP contribution >= 0.6 is 0 Å². The van der Waals surface area contributed by atoms with Gasteiger partial charge in [-0.05, 0) is 24.5 Å². The van der Waals surface area contributed by atoms with Gasteiger partial charge in [0.2, 0.25) is 0 Å². The van der Waals surface area contributed by atoms with E-state index < -0.39 is 17.7 Å². The highest BCUT2D eigenvalue weighted by Gasteiger charge is 2.41. The molecule has 2 N–H and O–H groups in total. The van der Waals surface area contributed by atoms with Crippen LogP contribution in [-0.2, 0) is 17.9 Å². The minimum atomic E-state index is -1.05. The molecule has 0 radical (unpaired) electrons. The predicted octanol–water partition coefficient (Wildman–Crippen LogP) is 3.77. The monoisotopic (exact) mass is 472 g/mol. The standard InChI is InChI=1S/C26H28N6O3/c1-26(34)12-13-31(25(33)35-16-20-10-6-3-7-11-20)15-21(26)32-18-30-22-23(28-17-29-24(22)32)27-14-19-8-4-2-5-9-19/h2-11,17-18,21,34H,12-16H2,1H3,(H,27,28,29)/t21-,26-/m1/s1. The van der Waals surface area contributed by atoms with Crippen LogP contribution in [-0.4, -0.2) is 54.3 Å². The third-order valence-electron chi connectivity index (χ3n) is 6.46. The van der Waals surface area contributed by atoms with Crippen LogP contribution in [0.2, 0.25) is 0 Å². The van der Waals surface area contributed by atoms with Gasteiger partial charge in [-0.2, -0.15) is 0 Å². The molecule has 9 heteroatoms. The zero-order valence-electron chi connectivity index (χ0n) is 19.5. The number of hydrogen-bond acceptors (Lipinski definition) is 7. The highest BCUT2D eigenvalue weighted by atomic mass is 16.6. The smallest absolute Gasteiger partial charge is 0.410 e. The van der Waals surface area contributed by atoms with Crippen LogP contribution in [0, 0.1) is 0 Å². The molecule has 2 aromatic carbocycles. The molecule has 1 fully saturated rings. The van der Waals surface area contributed by atoms with Crippen molar-refractivity contribution in [1.82, 2.24) is 24.4 Å². The van der Waals surface area contributed by atoms with E-state index in [1.165, 1.54) is 6.33 Å². The quantitative estimate of drug-likeness (QED) is 0.440. The number of amides is 1. The van der Waals surface area contributed by atoms with Crippen molar-refractivity contribution in [3.05, 3.63) is 84.4 Å². The highest BCUT2D eigenvalue weighted by molar-refractivity contribution is 5.82. The molecule has 1 saturated heterocycles. The summed E-state index contributed by atoms with van der Waals surface area (Å²) in [7, 11) is 0. The number of aliphatic hydroxyl groups is 1. The van der Waals surface area contributed by atoms with Crippen molar-refractivity contribution in [3.8, 4) is 0 Å². The fourth-order valence-electron chi connectivity index (χ4n) is 4.38. The maximum absolute atomic E-state index is 12.8. The Morgan fingerprint density at radius 1 is 1.09 bits per heavy atom. The fourth-order valence-corrected chi connectivity index (χ4v) is 4.38. The van der Waals surface area contributed by atoms with E-state index in [9.17, 15) is 9.90 Å². The number of carbonyl (C=O) groups excluding carboxylic acids is 1. The van der Waals surface area contributed by atoms with Gasteiger partial charge in [-0.25, -0.2) is 19.7 Å². The molecule has 0 aliphatic carbocycles. The van der Waals surface area contributed by atoms with Crippen LogP contribution < -0.4 is 5.32 Å². The number of imidazole rings is 1. The van der Waals surface area contributed by atoms with E-state index in [0.29, 0.717) is 36.5 Å². The summed E-state index contributed by atoms with van der Waals surface area (Å²) >= 11 is 0. The molecule has 2 aromatic heterocycles. The molecular formula is C26H28N6O3. The number of ether oxygens (including phenoxy) is 1. The molecule has 1 amide bonds. The Balaban J connectivity index is 1.34. The molecule has 1 aliphatic rings. The van der Waals surface area contributed by atoms with Crippen molar-refractivity contribution in [1.29, 1.82) is 0 Å². The summed E-state index contributed by atoms with van der Waals surface area (Å²) in [5.74, 6) is 0.618. The average molecular weight is 473 g/mol. The molecule has 0 spiro atoms. The summed E-state index contributed by atoms with van der Waals surface area (Å²) < 4.78 is 7.36. The number of hydrogen-bond donors (Lipinski definition) is 2. The average Bonchev–Trinajstić information content (AvgIpc) is 3.31. The van der Waals surface area contributed by atoms with Crippen molar-refractivity contribution in [2.75, 3.05) is 18.4 Å². The Kier molecular flexibility index (Phi) is 6.33. The first kappa shape index (κ1) is 22.8. The van der Waals surface area contributed by atoms with E-state index in [4.69, 9.17) is 4.74 Å². The van der Waals surface area contributed by atoms with E-state index in [1.54, 1.807) is 18.2 Å². The van der Waals surface area contributed by atoms with Gasteiger partial charge in [0.15, 0.2) is 11.5 Å². The maximum Gasteiger partial charge on any atom is 0.410 e. The Morgan fingerprint density at radius 2 is 1.80 bits per heavy atom. The minimum Gasteiger partial charge on any atom is -0.445 e. The molecule has 9 nitrogen and oxygen atoms in total. The van der Waals surface area contributed by atoms with Crippen LogP contribution in [0.15, 0.2) is 73.3 Å². The van der Waals surface area contributed by atoms with Gasteiger partial charge in [0, 0.05) is 19.6 Å². The summed E-state index contributed by atoms with van der Waals surface area (Å²) in [6.45, 7) is 3.27. The highest BCUT2D eigenvalue weighted by Crippen LogP contribution is 2.34. The number of anilines is 1. The first-order valence-corrected chi connectivity index (χ1v) is 11.6. The zero-order valence-corrected chi connectivity index (χ0v) is 19.5. The van der Waals surface area contributed by atoms with E-state index in [0.717, 1.165) is 11.1 Å². The molecular weight excluding hydrogens is 444 g/mol. The zero-order chi connectivity index (χ0) is 24.3. The van der Waals surface area contributed by atoms with Crippen LogP contribution in [0.3, 0.4) is 0 Å². The lowest BCUT2D eigenvalue weighted by Gasteiger charge is -2.42. The summed E-state index contributed by atoms with van der Waals surface area (Å²) in [5, 5.41) is 14.5. The number of rotatable bonds is 6. The third kappa shape index (κ3) is 4.95. The first-order valence-electron chi connectivity index (χ1n) is 11.6. The number of piperidine rings is 1. The lowest BCUT2D eigenvalue weighted by Crippen LogP contribution is -2.52. The normalized spacial score (nSPS) is 20.1. The van der Waals surface area contributed by atoms with E-state index in [-0.39, 0.29) is 13.2 Å². The topological polar surface area (TPSA) is 105 Å². The largest absolute Gasteiger partial charge is 0.445 e. The van der Waals surface area contributed by atoms with Gasteiger partial charge in [-0.15, -0.1) is 0 Å². The van der Waals surface area contributed by atoms with Gasteiger partial charge in [-0.1, -0.05) is 60.7 Å². The SMILES string of the molecule is C[C@@]1(O)CCN(C(=O)OCc2ccccc2)C[C@H]1n1cnc2c(NCc3ccccc3)ncnc21. The first-order chi connectivity index (χ1) is 17.0. The predicted molar refractivity (Wildman–Crippen MR) is 132 cm³/mol. The summed E-state index contributed by atoms with van der Waals surface area (Å²) in [4.78, 5) is 27.8. The van der Waals surface area contributed by atoms with Crippen LogP contribution in [0.25, 0.3) is 11.2 Å². The molecule has 0 unspecified atom stereocenters. The Labute approximate surface area is 203 Å². The molecule has 4 aromatic rings. The van der Waals surface area contributed by atoms with Crippen LogP contribution in [0.4, 0.5) is 10.6 Å². The lowest BCUT2D eigenvalue weighted by atomic mass is 9.88. The second-order valence-electron chi connectivity index (χ2n) is 8.99. The molecule has 0 bridgehead atoms. The second kappa shape index (κ2) is 9.71. The number of carbonyl (C=O) groups is 1. The van der Waals surface area contributed by atoms with Gasteiger partial charge in [0.1, 0.15) is 18.5 Å². The van der Waals surface area contributed by atoms with Gasteiger partial charge >= 0.3 is 6.09 Å². The third-order valence-corrected chi connectivity index (χ3v) is 6.46. The molecule has 2 atom stereocenters. The Bertz CT molecular complexity index is 1290. The molecule has 180 valence electrons. The number of aromatic nitrogens is 4. The van der Waals surface area contributed by atoms with Crippen molar-refractivity contribution in [3.63, 3.8) is 0 Å². The summed E-state index contributed by atoms with van der Waals surface area (Å²) in [6.07, 6.45) is 3.14. The van der Waals surface area contributed by atoms with Crippen molar-refractivity contribution < 1.29 is 14.6 Å². The van der Waals surface area contributed by atoms with Crippen molar-refractivity contribution in [2.45, 2.75) is 38.1 Å². The maximum atomic E-state index is 12.8. The minimum absolute atomic E-state index is 0.203. The molecule has 3 heterocycles. The van der Waals surface area contributed by atoms with Gasteiger partial charge < -0.3 is 24.6 Å². The molecule has 0 saturated carbocycles. The van der Waals surface area contributed by atoms with E-state index in [2.05, 4.69) is 20.3 Å². The second-order valence-corrected chi connectivity index (χ2v) is 8.99. The number of nitrogens with one attached hydrogen (secondary N) is 1. The molecule has 35 heavy (non-hydrogen) atoms. The lowest BCUT2D eigenvalue weighted by molar-refractivity contribution is -0.0476. The summed E-state index contributed by atoms with van der Waals surface area (Å²) in [5.41, 5.74) is 2.21. The molecule has 1 aliphatic heterocycles. The van der Waals surface area contributed by atoms with E-state index >= 15 is 0 Å². The van der Waals surface area contributed by atoms with Gasteiger partial charge in [-0.3, -0.25) is 0 Å². The van der Waals surface area contributed by atoms with Crippen molar-refractivity contribution >= 4 is 23.1 Å². The summed E-state index contributed by atoms with van der Waals surface area (Å²) in [6, 6.07) is 19.2. The Morgan fingerprint density at radius 3 is 2.54 bits per heavy atom.